The molecular weight excluding hydrogens is 334 g/mol. The first-order valence-corrected chi connectivity index (χ1v) is 8.25. The predicted molar refractivity (Wildman–Crippen MR) is 95.4 cm³/mol. The van der Waals surface area contributed by atoms with Crippen LogP contribution < -0.4 is 14.2 Å². The molecule has 0 amide bonds. The molecule has 0 N–H and O–H groups in total. The van der Waals surface area contributed by atoms with Crippen LogP contribution in [0.15, 0.2) is 53.2 Å². The molecule has 0 saturated carbocycles. The molecule has 6 heteroatoms. The normalized spacial score (nSPS) is 16.6. The summed E-state index contributed by atoms with van der Waals surface area (Å²) in [6.07, 6.45) is 2.93. The van der Waals surface area contributed by atoms with Crippen LogP contribution in [0.2, 0.25) is 0 Å². The minimum absolute atomic E-state index is 0.212. The van der Waals surface area contributed by atoms with Crippen molar-refractivity contribution in [1.82, 2.24) is 0 Å². The highest BCUT2D eigenvalue weighted by Gasteiger charge is 2.23. The van der Waals surface area contributed by atoms with E-state index in [1.54, 1.807) is 13.2 Å². The topological polar surface area (TPSA) is 66.3 Å². The number of aryl methyl sites for hydroxylation is 1. The van der Waals surface area contributed by atoms with Gasteiger partial charge in [-0.1, -0.05) is 18.2 Å². The van der Waals surface area contributed by atoms with Crippen molar-refractivity contribution < 1.29 is 23.7 Å². The summed E-state index contributed by atoms with van der Waals surface area (Å²) in [7, 11) is 1.63. The van der Waals surface area contributed by atoms with Crippen LogP contribution in [0.1, 0.15) is 17.5 Å². The van der Waals surface area contributed by atoms with Crippen LogP contribution in [-0.4, -0.2) is 25.8 Å². The lowest BCUT2D eigenvalue weighted by Gasteiger charge is -2.03. The summed E-state index contributed by atoms with van der Waals surface area (Å²) in [6, 6.07) is 13.3. The van der Waals surface area contributed by atoms with Crippen LogP contribution >= 0.6 is 0 Å². The molecule has 0 radical (unpaired) electrons. The van der Waals surface area contributed by atoms with E-state index in [9.17, 15) is 4.79 Å². The molecule has 0 spiro atoms. The number of aliphatic imine (C=N–C) groups is 1. The smallest absolute Gasteiger partial charge is 0.363 e. The van der Waals surface area contributed by atoms with Gasteiger partial charge in [-0.2, -0.15) is 0 Å². The lowest BCUT2D eigenvalue weighted by Crippen LogP contribution is -2.05. The van der Waals surface area contributed by atoms with E-state index in [4.69, 9.17) is 18.9 Å². The van der Waals surface area contributed by atoms with Crippen molar-refractivity contribution in [2.45, 2.75) is 12.8 Å². The molecule has 26 heavy (non-hydrogen) atoms. The van der Waals surface area contributed by atoms with Crippen molar-refractivity contribution in [3.63, 3.8) is 0 Å². The molecule has 4 rings (SSSR count). The molecule has 0 aromatic heterocycles. The van der Waals surface area contributed by atoms with Gasteiger partial charge in [0.1, 0.15) is 5.75 Å². The van der Waals surface area contributed by atoms with E-state index in [1.807, 2.05) is 42.5 Å². The number of fused-ring (bicyclic) bond motifs is 1. The van der Waals surface area contributed by atoms with E-state index >= 15 is 0 Å². The van der Waals surface area contributed by atoms with E-state index in [1.165, 1.54) is 0 Å². The Morgan fingerprint density at radius 2 is 2.00 bits per heavy atom. The Kier molecular flexibility index (Phi) is 4.31. The first kappa shape index (κ1) is 16.2. The lowest BCUT2D eigenvalue weighted by molar-refractivity contribution is -0.130. The maximum atomic E-state index is 12.1. The van der Waals surface area contributed by atoms with Crippen molar-refractivity contribution in [3.05, 3.63) is 59.3 Å². The van der Waals surface area contributed by atoms with Crippen LogP contribution in [0.5, 0.6) is 17.2 Å². The SMILES string of the molecule is COc1cccc(CCC2=N/C(=C/c3ccc4c(c3)OCO4)C(=O)O2)c1. The standard InChI is InChI=1S/C20H17NO5/c1-23-15-4-2-3-13(9-15)6-8-19-21-16(20(22)26-19)10-14-5-7-17-18(11-14)25-12-24-17/h2-5,7,9-11H,6,8,12H2,1H3/b16-10+. The molecule has 0 fully saturated rings. The molecule has 0 saturated heterocycles. The molecule has 0 atom stereocenters. The van der Waals surface area contributed by atoms with Crippen LogP contribution in [0.4, 0.5) is 0 Å². The third kappa shape index (κ3) is 3.39. The quantitative estimate of drug-likeness (QED) is 0.610. The van der Waals surface area contributed by atoms with E-state index in [2.05, 4.69) is 4.99 Å². The molecular formula is C20H17NO5. The van der Waals surface area contributed by atoms with Gasteiger partial charge < -0.3 is 18.9 Å². The largest absolute Gasteiger partial charge is 0.497 e. The number of esters is 1. The van der Waals surface area contributed by atoms with E-state index in [0.29, 0.717) is 30.2 Å². The number of rotatable bonds is 5. The van der Waals surface area contributed by atoms with Gasteiger partial charge in [0.2, 0.25) is 6.79 Å². The molecule has 0 unspecified atom stereocenters. The summed E-state index contributed by atoms with van der Waals surface area (Å²) < 4.78 is 21.1. The molecule has 132 valence electrons. The van der Waals surface area contributed by atoms with Crippen molar-refractivity contribution in [3.8, 4) is 17.2 Å². The molecule has 0 aliphatic carbocycles. The van der Waals surface area contributed by atoms with Gasteiger partial charge in [-0.05, 0) is 47.9 Å². The number of ether oxygens (including phenoxy) is 4. The van der Waals surface area contributed by atoms with Crippen LogP contribution in [0, 0.1) is 0 Å². The number of hydrogen-bond acceptors (Lipinski definition) is 6. The summed E-state index contributed by atoms with van der Waals surface area (Å²) >= 11 is 0. The number of benzene rings is 2. The van der Waals surface area contributed by atoms with E-state index in [0.717, 1.165) is 16.9 Å². The van der Waals surface area contributed by atoms with Gasteiger partial charge in [-0.15, -0.1) is 0 Å². The first-order chi connectivity index (χ1) is 12.7. The summed E-state index contributed by atoms with van der Waals surface area (Å²) in [5.74, 6) is 2.14. The highest BCUT2D eigenvalue weighted by Crippen LogP contribution is 2.33. The fourth-order valence-electron chi connectivity index (χ4n) is 2.80. The predicted octanol–water partition coefficient (Wildman–Crippen LogP) is 3.35. The molecule has 2 aromatic carbocycles. The van der Waals surface area contributed by atoms with E-state index in [-0.39, 0.29) is 12.5 Å². The number of hydrogen-bond donors (Lipinski definition) is 0. The summed E-state index contributed by atoms with van der Waals surface area (Å²) in [5.41, 5.74) is 2.18. The fraction of sp³-hybridized carbons (Fsp3) is 0.200. The Bertz CT molecular complexity index is 916. The fourth-order valence-corrected chi connectivity index (χ4v) is 2.80. The van der Waals surface area contributed by atoms with Crippen molar-refractivity contribution in [1.29, 1.82) is 0 Å². The average molecular weight is 351 g/mol. The third-order valence-corrected chi connectivity index (χ3v) is 4.13. The van der Waals surface area contributed by atoms with Gasteiger partial charge >= 0.3 is 5.97 Å². The minimum Gasteiger partial charge on any atom is -0.497 e. The van der Waals surface area contributed by atoms with Gasteiger partial charge in [-0.25, -0.2) is 9.79 Å². The molecule has 2 aliphatic rings. The molecule has 6 nitrogen and oxygen atoms in total. The number of methoxy groups -OCH3 is 1. The Labute approximate surface area is 150 Å². The van der Waals surface area contributed by atoms with Crippen molar-refractivity contribution in [2.24, 2.45) is 4.99 Å². The van der Waals surface area contributed by atoms with Gasteiger partial charge in [0.15, 0.2) is 23.1 Å². The Morgan fingerprint density at radius 3 is 2.88 bits per heavy atom. The summed E-state index contributed by atoms with van der Waals surface area (Å²) in [6.45, 7) is 0.212. The Balaban J connectivity index is 1.46. The van der Waals surface area contributed by atoms with E-state index < -0.39 is 5.97 Å². The van der Waals surface area contributed by atoms with Gasteiger partial charge in [-0.3, -0.25) is 0 Å². The van der Waals surface area contributed by atoms with Crippen molar-refractivity contribution in [2.75, 3.05) is 13.9 Å². The van der Waals surface area contributed by atoms with Crippen molar-refractivity contribution >= 4 is 17.9 Å². The zero-order valence-electron chi connectivity index (χ0n) is 14.2. The minimum atomic E-state index is -0.441. The van der Waals surface area contributed by atoms with Crippen LogP contribution in [-0.2, 0) is 16.0 Å². The second kappa shape index (κ2) is 6.92. The van der Waals surface area contributed by atoms with Gasteiger partial charge in [0.05, 0.1) is 7.11 Å². The number of cyclic esters (lactones) is 1. The van der Waals surface area contributed by atoms with Crippen LogP contribution in [0.3, 0.4) is 0 Å². The molecule has 2 heterocycles. The second-order valence-corrected chi connectivity index (χ2v) is 5.89. The molecule has 2 aromatic rings. The zero-order valence-corrected chi connectivity index (χ0v) is 14.2. The number of carbonyl (C=O) groups is 1. The maximum Gasteiger partial charge on any atom is 0.363 e. The number of nitrogens with zero attached hydrogens (tertiary/aromatic N) is 1. The average Bonchev–Trinajstić information content (AvgIpc) is 3.26. The second-order valence-electron chi connectivity index (χ2n) is 5.89. The summed E-state index contributed by atoms with van der Waals surface area (Å²) in [5, 5.41) is 0. The van der Waals surface area contributed by atoms with Crippen LogP contribution in [0.25, 0.3) is 6.08 Å². The first-order valence-electron chi connectivity index (χ1n) is 8.25. The van der Waals surface area contributed by atoms with Gasteiger partial charge in [0, 0.05) is 6.42 Å². The summed E-state index contributed by atoms with van der Waals surface area (Å²) in [4.78, 5) is 16.4. The Morgan fingerprint density at radius 1 is 1.12 bits per heavy atom. The molecule has 2 aliphatic heterocycles. The zero-order chi connectivity index (χ0) is 17.9. The number of carbonyl (C=O) groups excluding carboxylic acids is 1. The lowest BCUT2D eigenvalue weighted by atomic mass is 10.1. The maximum absolute atomic E-state index is 12.1. The Hall–Kier alpha value is -3.28. The van der Waals surface area contributed by atoms with Gasteiger partial charge in [0.25, 0.3) is 0 Å². The monoisotopic (exact) mass is 351 g/mol. The third-order valence-electron chi connectivity index (χ3n) is 4.13. The highest BCUT2D eigenvalue weighted by atomic mass is 16.7. The molecule has 0 bridgehead atoms. The highest BCUT2D eigenvalue weighted by molar-refractivity contribution is 6.07.